The molecule has 0 aromatic heterocycles. The van der Waals surface area contributed by atoms with Gasteiger partial charge in [-0.1, -0.05) is 19.1 Å². The van der Waals surface area contributed by atoms with E-state index in [-0.39, 0.29) is 17.7 Å². The number of hydrogen-bond donors (Lipinski definition) is 1. The van der Waals surface area contributed by atoms with Crippen LogP contribution in [0, 0.1) is 11.6 Å². The zero-order chi connectivity index (χ0) is 22.0. The summed E-state index contributed by atoms with van der Waals surface area (Å²) in [6.07, 6.45) is 0.0699. The molecule has 2 aromatic carbocycles. The van der Waals surface area contributed by atoms with Crippen molar-refractivity contribution in [3.8, 4) is 0 Å². The number of nitrogens with zero attached hydrogens (tertiary/aromatic N) is 2. The molecule has 1 aliphatic heterocycles. The van der Waals surface area contributed by atoms with E-state index in [1.54, 1.807) is 19.1 Å². The van der Waals surface area contributed by atoms with Gasteiger partial charge in [-0.2, -0.15) is 0 Å². The van der Waals surface area contributed by atoms with E-state index in [1.807, 2.05) is 26.0 Å². The highest BCUT2D eigenvalue weighted by molar-refractivity contribution is 6.16. The average Bonchev–Trinajstić information content (AvgIpc) is 3.00. The summed E-state index contributed by atoms with van der Waals surface area (Å²) < 4.78 is 28.0. The molecule has 1 unspecified atom stereocenters. The normalized spacial score (nSPS) is 16.4. The van der Waals surface area contributed by atoms with Crippen LogP contribution in [0.5, 0.6) is 0 Å². The van der Waals surface area contributed by atoms with Gasteiger partial charge in [0, 0.05) is 31.3 Å². The second-order valence-electron chi connectivity index (χ2n) is 6.98. The Morgan fingerprint density at radius 3 is 2.23 bits per heavy atom. The maximum absolute atomic E-state index is 14.5. The number of amides is 1. The molecule has 0 saturated carbocycles. The van der Waals surface area contributed by atoms with Gasteiger partial charge >= 0.3 is 0 Å². The summed E-state index contributed by atoms with van der Waals surface area (Å²) in [7, 11) is 0. The largest absolute Gasteiger partial charge is 0.503 e. The molecule has 7 heteroatoms. The number of carbonyl (C=O) groups is 2. The molecule has 0 aliphatic carbocycles. The maximum Gasteiger partial charge on any atom is 0.294 e. The Kier molecular flexibility index (Phi) is 6.20. The molecule has 0 spiro atoms. The van der Waals surface area contributed by atoms with Crippen molar-refractivity contribution >= 4 is 23.1 Å². The Hall–Kier alpha value is -3.22. The predicted molar refractivity (Wildman–Crippen MR) is 112 cm³/mol. The first-order valence-electron chi connectivity index (χ1n) is 9.93. The highest BCUT2D eigenvalue weighted by atomic mass is 19.1. The molecule has 30 heavy (non-hydrogen) atoms. The molecule has 0 bridgehead atoms. The maximum atomic E-state index is 14.5. The number of hydrogen-bond acceptors (Lipinski definition) is 4. The average molecular weight is 414 g/mol. The van der Waals surface area contributed by atoms with Crippen LogP contribution in [-0.2, 0) is 9.59 Å². The number of aliphatic hydroxyl groups is 1. The quantitative estimate of drug-likeness (QED) is 0.714. The van der Waals surface area contributed by atoms with E-state index in [2.05, 4.69) is 4.90 Å². The molecule has 0 saturated heterocycles. The van der Waals surface area contributed by atoms with Gasteiger partial charge in [0.2, 0.25) is 0 Å². The molecule has 1 heterocycles. The fourth-order valence-corrected chi connectivity index (χ4v) is 3.78. The Labute approximate surface area is 174 Å². The van der Waals surface area contributed by atoms with Crippen molar-refractivity contribution < 1.29 is 23.5 Å². The van der Waals surface area contributed by atoms with Gasteiger partial charge in [0.1, 0.15) is 11.6 Å². The summed E-state index contributed by atoms with van der Waals surface area (Å²) in [6.45, 7) is 7.31. The van der Waals surface area contributed by atoms with Crippen molar-refractivity contribution in [3.63, 3.8) is 0 Å². The smallest absolute Gasteiger partial charge is 0.294 e. The molecule has 0 radical (unpaired) electrons. The number of carbonyl (C=O) groups excluding carboxylic acids is 2. The topological polar surface area (TPSA) is 60.9 Å². The molecular formula is C23H24F2N2O3. The van der Waals surface area contributed by atoms with Crippen molar-refractivity contribution in [1.82, 2.24) is 0 Å². The summed E-state index contributed by atoms with van der Waals surface area (Å²) in [5.41, 5.74) is 1.22. The standard InChI is InChI=1S/C23H24F2N2O3/c1-4-19(28)20-21(14-7-10-16(11-8-14)26(5-2)6-3)27(23(30)22(20)29)18-12-9-15(24)13-17(18)25/h7-13,21,29H,4-6H2,1-3H3. The van der Waals surface area contributed by atoms with Crippen LogP contribution in [-0.4, -0.2) is 29.9 Å². The molecular weight excluding hydrogens is 390 g/mol. The van der Waals surface area contributed by atoms with Crippen LogP contribution >= 0.6 is 0 Å². The molecule has 1 N–H and O–H groups in total. The van der Waals surface area contributed by atoms with E-state index < -0.39 is 35.1 Å². The number of ketones is 1. The highest BCUT2D eigenvalue weighted by Crippen LogP contribution is 2.42. The van der Waals surface area contributed by atoms with Gasteiger partial charge in [-0.3, -0.25) is 14.5 Å². The first-order valence-corrected chi connectivity index (χ1v) is 9.93. The van der Waals surface area contributed by atoms with Crippen molar-refractivity contribution in [2.45, 2.75) is 33.2 Å². The lowest BCUT2D eigenvalue weighted by Gasteiger charge is -2.28. The second kappa shape index (κ2) is 8.65. The lowest BCUT2D eigenvalue weighted by molar-refractivity contribution is -0.118. The molecule has 3 rings (SSSR count). The summed E-state index contributed by atoms with van der Waals surface area (Å²) in [5.74, 6) is -3.75. The van der Waals surface area contributed by atoms with Crippen molar-refractivity contribution in [2.75, 3.05) is 22.9 Å². The number of halogens is 2. The van der Waals surface area contributed by atoms with Gasteiger partial charge in [-0.05, 0) is 43.7 Å². The van der Waals surface area contributed by atoms with Crippen molar-refractivity contribution in [1.29, 1.82) is 0 Å². The van der Waals surface area contributed by atoms with Gasteiger partial charge < -0.3 is 10.0 Å². The third kappa shape index (κ3) is 3.67. The third-order valence-electron chi connectivity index (χ3n) is 5.34. The number of aliphatic hydroxyl groups excluding tert-OH is 1. The summed E-state index contributed by atoms with van der Waals surface area (Å²) in [5, 5.41) is 10.4. The lowest BCUT2D eigenvalue weighted by atomic mass is 9.94. The fourth-order valence-electron chi connectivity index (χ4n) is 3.78. The summed E-state index contributed by atoms with van der Waals surface area (Å²) >= 11 is 0. The first-order chi connectivity index (χ1) is 14.3. The van der Waals surface area contributed by atoms with E-state index in [0.717, 1.165) is 35.8 Å². The van der Waals surface area contributed by atoms with Crippen LogP contribution in [0.1, 0.15) is 38.8 Å². The van der Waals surface area contributed by atoms with E-state index in [9.17, 15) is 23.5 Å². The van der Waals surface area contributed by atoms with E-state index in [4.69, 9.17) is 0 Å². The van der Waals surface area contributed by atoms with Crippen molar-refractivity contribution in [3.05, 3.63) is 71.0 Å². The number of anilines is 2. The molecule has 1 aliphatic rings. The minimum Gasteiger partial charge on any atom is -0.503 e. The number of benzene rings is 2. The van der Waals surface area contributed by atoms with Gasteiger partial charge in [0.05, 0.1) is 17.3 Å². The van der Waals surface area contributed by atoms with Gasteiger partial charge in [0.15, 0.2) is 11.5 Å². The highest BCUT2D eigenvalue weighted by Gasteiger charge is 2.44. The van der Waals surface area contributed by atoms with Crippen LogP contribution in [0.2, 0.25) is 0 Å². The number of rotatable bonds is 7. The molecule has 1 atom stereocenters. The summed E-state index contributed by atoms with van der Waals surface area (Å²) in [6, 6.07) is 9.04. The second-order valence-corrected chi connectivity index (χ2v) is 6.98. The zero-order valence-electron chi connectivity index (χ0n) is 17.2. The van der Waals surface area contributed by atoms with E-state index in [1.165, 1.54) is 0 Å². The Morgan fingerprint density at radius 1 is 1.07 bits per heavy atom. The Morgan fingerprint density at radius 2 is 1.70 bits per heavy atom. The fraction of sp³-hybridized carbons (Fsp3) is 0.304. The van der Waals surface area contributed by atoms with Crippen molar-refractivity contribution in [2.24, 2.45) is 0 Å². The predicted octanol–water partition coefficient (Wildman–Crippen LogP) is 4.69. The van der Waals surface area contributed by atoms with Crippen LogP contribution < -0.4 is 9.80 Å². The molecule has 0 fully saturated rings. The Balaban J connectivity index is 2.14. The minimum atomic E-state index is -1.00. The first kappa shape index (κ1) is 21.5. The SMILES string of the molecule is CCC(=O)C1=C(O)C(=O)N(c2ccc(F)cc2F)C1c1ccc(N(CC)CC)cc1. The van der Waals surface area contributed by atoms with E-state index in [0.29, 0.717) is 11.6 Å². The molecule has 1 amide bonds. The van der Waals surface area contributed by atoms with Gasteiger partial charge in [-0.15, -0.1) is 0 Å². The third-order valence-corrected chi connectivity index (χ3v) is 5.34. The van der Waals surface area contributed by atoms with E-state index >= 15 is 0 Å². The minimum absolute atomic E-state index is 0.0699. The zero-order valence-corrected chi connectivity index (χ0v) is 17.2. The molecule has 2 aromatic rings. The van der Waals surface area contributed by atoms with Gasteiger partial charge in [-0.25, -0.2) is 8.78 Å². The summed E-state index contributed by atoms with van der Waals surface area (Å²) in [4.78, 5) is 28.5. The van der Waals surface area contributed by atoms with Crippen LogP contribution in [0.15, 0.2) is 53.8 Å². The lowest BCUT2D eigenvalue weighted by Crippen LogP contribution is -2.32. The Bertz CT molecular complexity index is 998. The van der Waals surface area contributed by atoms with Gasteiger partial charge in [0.25, 0.3) is 5.91 Å². The monoisotopic (exact) mass is 414 g/mol. The van der Waals surface area contributed by atoms with Crippen LogP contribution in [0.4, 0.5) is 20.2 Å². The number of Topliss-reactive ketones (excluding diaryl/α,β-unsaturated/α-hetero) is 1. The van der Waals surface area contributed by atoms with Crippen LogP contribution in [0.3, 0.4) is 0 Å². The molecule has 5 nitrogen and oxygen atoms in total. The molecule has 158 valence electrons. The van der Waals surface area contributed by atoms with Crippen LogP contribution in [0.25, 0.3) is 0 Å².